The lowest BCUT2D eigenvalue weighted by atomic mass is 9.83. The van der Waals surface area contributed by atoms with E-state index in [4.69, 9.17) is 9.90 Å². The number of hydrogen-bond acceptors (Lipinski definition) is 6. The highest BCUT2D eigenvalue weighted by Crippen LogP contribution is 2.36. The summed E-state index contributed by atoms with van der Waals surface area (Å²) in [6, 6.07) is 3.73. The summed E-state index contributed by atoms with van der Waals surface area (Å²) in [5.74, 6) is -3.26. The second-order valence-corrected chi connectivity index (χ2v) is 6.78. The number of carboxylic acid groups (broad SMARTS) is 2. The maximum atomic E-state index is 12.8. The number of aliphatic carboxylic acids is 2. The fourth-order valence-corrected chi connectivity index (χ4v) is 3.21. The van der Waals surface area contributed by atoms with Gasteiger partial charge in [-0.2, -0.15) is 18.3 Å². The number of amides is 1. The number of aromatic nitrogens is 2. The van der Waals surface area contributed by atoms with Crippen molar-refractivity contribution in [1.82, 2.24) is 15.1 Å². The Morgan fingerprint density at radius 1 is 1.03 bits per heavy atom. The minimum atomic E-state index is -5.08. The van der Waals surface area contributed by atoms with Gasteiger partial charge in [-0.05, 0) is 31.4 Å². The van der Waals surface area contributed by atoms with E-state index in [9.17, 15) is 27.9 Å². The molecule has 0 saturated carbocycles. The van der Waals surface area contributed by atoms with Gasteiger partial charge in [-0.3, -0.25) is 9.59 Å². The van der Waals surface area contributed by atoms with Crippen LogP contribution in [0.1, 0.15) is 19.3 Å². The third kappa shape index (κ3) is 5.45. The van der Waals surface area contributed by atoms with Crippen molar-refractivity contribution < 1.29 is 37.8 Å². The molecule has 30 heavy (non-hydrogen) atoms. The molecule has 1 saturated heterocycles. The van der Waals surface area contributed by atoms with Gasteiger partial charge < -0.3 is 20.0 Å². The van der Waals surface area contributed by atoms with Gasteiger partial charge in [-0.1, -0.05) is 12.2 Å². The summed E-state index contributed by atoms with van der Waals surface area (Å²) in [7, 11) is 0. The Hall–Kier alpha value is -3.18. The lowest BCUT2D eigenvalue weighted by molar-refractivity contribution is -0.192. The van der Waals surface area contributed by atoms with Crippen molar-refractivity contribution >= 4 is 23.7 Å². The highest BCUT2D eigenvalue weighted by Gasteiger charge is 2.48. The van der Waals surface area contributed by atoms with Crippen LogP contribution in [0, 0.1) is 5.41 Å². The summed E-state index contributed by atoms with van der Waals surface area (Å²) in [4.78, 5) is 37.2. The van der Waals surface area contributed by atoms with Gasteiger partial charge in [0, 0.05) is 32.4 Å². The lowest BCUT2D eigenvalue weighted by Gasteiger charge is -2.30. The Morgan fingerprint density at radius 3 is 2.17 bits per heavy atom. The summed E-state index contributed by atoms with van der Waals surface area (Å²) in [5, 5.41) is 24.7. The van der Waals surface area contributed by atoms with Crippen LogP contribution in [-0.2, 0) is 14.4 Å². The first-order valence-corrected chi connectivity index (χ1v) is 9.08. The van der Waals surface area contributed by atoms with Crippen LogP contribution in [0.25, 0.3) is 0 Å². The molecule has 0 radical (unpaired) electrons. The molecule has 3 rings (SSSR count). The quantitative estimate of drug-likeness (QED) is 0.547. The number of anilines is 1. The fraction of sp³-hybridized carbons (Fsp3) is 0.500. The minimum Gasteiger partial charge on any atom is -0.480 e. The number of allylic oxidation sites excluding steroid dienone is 2. The average Bonchev–Trinajstić information content (AvgIpc) is 3.08. The second kappa shape index (κ2) is 9.55. The Kier molecular flexibility index (Phi) is 7.35. The Morgan fingerprint density at radius 2 is 1.67 bits per heavy atom. The van der Waals surface area contributed by atoms with Crippen LogP contribution in [0.3, 0.4) is 0 Å². The average molecular weight is 430 g/mol. The molecule has 1 aliphatic carbocycles. The highest BCUT2D eigenvalue weighted by atomic mass is 19.4. The van der Waals surface area contributed by atoms with Crippen LogP contribution in [0.15, 0.2) is 30.5 Å². The van der Waals surface area contributed by atoms with Crippen LogP contribution in [0.2, 0.25) is 0 Å². The van der Waals surface area contributed by atoms with Crippen molar-refractivity contribution in [2.24, 2.45) is 5.41 Å². The minimum absolute atomic E-state index is 0.268. The molecule has 12 heteroatoms. The molecule has 2 heterocycles. The van der Waals surface area contributed by atoms with Gasteiger partial charge in [0.2, 0.25) is 5.91 Å². The first kappa shape index (κ1) is 23.1. The SMILES string of the molecule is O=C(O)C(F)(F)F.O=C(O)C1(C(=O)N2CCCN(c3cccnn3)CC2)CC=CC1. The third-order valence-corrected chi connectivity index (χ3v) is 4.83. The first-order valence-electron chi connectivity index (χ1n) is 9.08. The van der Waals surface area contributed by atoms with E-state index in [0.717, 1.165) is 18.8 Å². The number of halogens is 3. The Labute approximate surface area is 169 Å². The molecule has 1 aromatic heterocycles. The number of nitrogens with zero attached hydrogens (tertiary/aromatic N) is 4. The van der Waals surface area contributed by atoms with Crippen LogP contribution in [0.4, 0.5) is 19.0 Å². The van der Waals surface area contributed by atoms with Crippen molar-refractivity contribution in [2.45, 2.75) is 25.4 Å². The van der Waals surface area contributed by atoms with E-state index in [2.05, 4.69) is 15.1 Å². The van der Waals surface area contributed by atoms with Crippen LogP contribution >= 0.6 is 0 Å². The van der Waals surface area contributed by atoms with Gasteiger partial charge >= 0.3 is 18.1 Å². The van der Waals surface area contributed by atoms with Gasteiger partial charge in [-0.25, -0.2) is 4.79 Å². The van der Waals surface area contributed by atoms with Crippen molar-refractivity contribution in [3.63, 3.8) is 0 Å². The summed E-state index contributed by atoms with van der Waals surface area (Å²) < 4.78 is 31.7. The smallest absolute Gasteiger partial charge is 0.480 e. The Bertz CT molecular complexity index is 793. The summed E-state index contributed by atoms with van der Waals surface area (Å²) in [6.45, 7) is 2.49. The molecule has 0 unspecified atom stereocenters. The largest absolute Gasteiger partial charge is 0.490 e. The summed E-state index contributed by atoms with van der Waals surface area (Å²) >= 11 is 0. The van der Waals surface area contributed by atoms with Gasteiger partial charge in [0.25, 0.3) is 0 Å². The summed E-state index contributed by atoms with van der Waals surface area (Å²) in [5.41, 5.74) is -1.30. The number of hydrogen-bond donors (Lipinski definition) is 2. The zero-order chi connectivity index (χ0) is 22.4. The standard InChI is InChI=1S/C16H20N4O3.C2HF3O2/c21-14(16(15(22)23)6-1-2-7-16)20-10-4-9-19(11-12-20)13-5-3-8-17-18-13;3-2(4,5)1(6)7/h1-3,5,8H,4,6-7,9-12H2,(H,22,23);(H,6,7). The molecule has 1 aromatic rings. The zero-order valence-corrected chi connectivity index (χ0v) is 15.9. The number of carboxylic acids is 2. The lowest BCUT2D eigenvalue weighted by Crippen LogP contribution is -2.48. The van der Waals surface area contributed by atoms with Crippen LogP contribution < -0.4 is 4.90 Å². The van der Waals surface area contributed by atoms with E-state index < -0.39 is 23.5 Å². The molecular formula is C18H21F3N4O5. The second-order valence-electron chi connectivity index (χ2n) is 6.78. The molecule has 1 amide bonds. The molecule has 164 valence electrons. The maximum absolute atomic E-state index is 12.8. The highest BCUT2D eigenvalue weighted by molar-refractivity contribution is 6.02. The van der Waals surface area contributed by atoms with Crippen molar-refractivity contribution in [2.75, 3.05) is 31.1 Å². The molecule has 0 spiro atoms. The number of carbonyl (C=O) groups excluding carboxylic acids is 1. The predicted molar refractivity (Wildman–Crippen MR) is 97.6 cm³/mol. The number of rotatable bonds is 3. The fourth-order valence-electron chi connectivity index (χ4n) is 3.21. The van der Waals surface area contributed by atoms with E-state index in [1.54, 1.807) is 23.2 Å². The first-order chi connectivity index (χ1) is 14.1. The van der Waals surface area contributed by atoms with Crippen molar-refractivity contribution in [3.8, 4) is 0 Å². The molecule has 2 N–H and O–H groups in total. The van der Waals surface area contributed by atoms with E-state index in [1.807, 2.05) is 12.1 Å². The molecular weight excluding hydrogens is 409 g/mol. The van der Waals surface area contributed by atoms with E-state index in [-0.39, 0.29) is 18.7 Å². The van der Waals surface area contributed by atoms with Gasteiger partial charge in [-0.15, -0.1) is 5.10 Å². The van der Waals surface area contributed by atoms with E-state index >= 15 is 0 Å². The van der Waals surface area contributed by atoms with Crippen molar-refractivity contribution in [3.05, 3.63) is 30.5 Å². The zero-order valence-electron chi connectivity index (χ0n) is 15.9. The molecule has 0 atom stereocenters. The monoisotopic (exact) mass is 430 g/mol. The van der Waals surface area contributed by atoms with Gasteiger partial charge in [0.05, 0.1) is 0 Å². The molecule has 1 fully saturated rings. The van der Waals surface area contributed by atoms with Crippen LogP contribution in [-0.4, -0.2) is 75.5 Å². The van der Waals surface area contributed by atoms with Crippen LogP contribution in [0.5, 0.6) is 0 Å². The molecule has 0 bridgehead atoms. The number of alkyl halides is 3. The molecule has 2 aliphatic rings. The summed E-state index contributed by atoms with van der Waals surface area (Å²) in [6.07, 6.45) is 1.47. The third-order valence-electron chi connectivity index (χ3n) is 4.83. The normalized spacial score (nSPS) is 18.2. The Balaban J connectivity index is 0.000000396. The maximum Gasteiger partial charge on any atom is 0.490 e. The van der Waals surface area contributed by atoms with E-state index in [1.165, 1.54) is 0 Å². The molecule has 9 nitrogen and oxygen atoms in total. The van der Waals surface area contributed by atoms with Gasteiger partial charge in [0.15, 0.2) is 11.2 Å². The topological polar surface area (TPSA) is 124 Å². The number of carbonyl (C=O) groups is 3. The predicted octanol–water partition coefficient (Wildman–Crippen LogP) is 1.57. The van der Waals surface area contributed by atoms with E-state index in [0.29, 0.717) is 19.6 Å². The molecule has 0 aromatic carbocycles. The van der Waals surface area contributed by atoms with Crippen molar-refractivity contribution in [1.29, 1.82) is 0 Å². The molecule has 1 aliphatic heterocycles. The van der Waals surface area contributed by atoms with Gasteiger partial charge in [0.1, 0.15) is 0 Å².